The fourth-order valence-electron chi connectivity index (χ4n) is 7.62. The van der Waals surface area contributed by atoms with Gasteiger partial charge >= 0.3 is 5.97 Å². The van der Waals surface area contributed by atoms with E-state index in [1.165, 1.54) is 32.6 Å². The highest BCUT2D eigenvalue weighted by molar-refractivity contribution is 6.74. The molecule has 3 fully saturated rings. The second-order valence-corrected chi connectivity index (χ2v) is 18.7. The SMILES string of the molecule is CC(=O)O[C@H]1CC[C@](C)([C@H]2CC[C@]3(C)[C@@H](C)CC[C@H]3[C@@H]2CO)[C@@H](CO[Si](C)(C)C(C)(C)C)C1. The predicted molar refractivity (Wildman–Crippen MR) is 137 cm³/mol. The van der Waals surface area contributed by atoms with Crippen LogP contribution >= 0.6 is 0 Å². The molecule has 0 spiro atoms. The van der Waals surface area contributed by atoms with Crippen molar-refractivity contribution in [3.05, 3.63) is 0 Å². The molecule has 4 nitrogen and oxygen atoms in total. The van der Waals surface area contributed by atoms with Gasteiger partial charge in [0.15, 0.2) is 8.32 Å². The van der Waals surface area contributed by atoms with E-state index >= 15 is 0 Å². The maximum absolute atomic E-state index is 11.7. The molecule has 1 N–H and O–H groups in total. The molecule has 3 aliphatic rings. The highest BCUT2D eigenvalue weighted by Crippen LogP contribution is 2.63. The Kier molecular flexibility index (Phi) is 7.89. The standard InChI is InChI=1S/C28H52O4Si/c1-19-10-11-24-23(17-29)25(13-15-27(19,24)6)28(7)14-12-22(32-20(2)30)16-21(28)18-31-33(8,9)26(3,4)5/h19,21-25,29H,10-18H2,1-9H3/t19-,21+,22-,23-,24-,25-,27+,28-/m0/s1. The van der Waals surface area contributed by atoms with Gasteiger partial charge in [0.2, 0.25) is 0 Å². The van der Waals surface area contributed by atoms with Crippen LogP contribution in [0.5, 0.6) is 0 Å². The van der Waals surface area contributed by atoms with Gasteiger partial charge in [-0.05, 0) is 103 Å². The molecule has 0 aromatic heterocycles. The van der Waals surface area contributed by atoms with E-state index in [0.717, 1.165) is 31.8 Å². The highest BCUT2D eigenvalue weighted by atomic mass is 28.4. The van der Waals surface area contributed by atoms with E-state index in [1.54, 1.807) is 0 Å². The van der Waals surface area contributed by atoms with Crippen LogP contribution in [-0.2, 0) is 14.0 Å². The highest BCUT2D eigenvalue weighted by Gasteiger charge is 2.58. The lowest BCUT2D eigenvalue weighted by molar-refractivity contribution is -0.156. The quantitative estimate of drug-likeness (QED) is 0.335. The van der Waals surface area contributed by atoms with E-state index in [0.29, 0.717) is 35.7 Å². The van der Waals surface area contributed by atoms with Gasteiger partial charge in [0.25, 0.3) is 0 Å². The smallest absolute Gasteiger partial charge is 0.302 e. The second-order valence-electron chi connectivity index (χ2n) is 13.9. The molecule has 0 radical (unpaired) electrons. The molecule has 192 valence electrons. The zero-order valence-corrected chi connectivity index (χ0v) is 24.0. The van der Waals surface area contributed by atoms with Crippen LogP contribution in [0.1, 0.15) is 93.4 Å². The predicted octanol–water partition coefficient (Wildman–Crippen LogP) is 6.82. The van der Waals surface area contributed by atoms with Crippen LogP contribution in [-0.4, -0.2) is 38.7 Å². The van der Waals surface area contributed by atoms with E-state index in [9.17, 15) is 9.90 Å². The third kappa shape index (κ3) is 5.11. The Hall–Kier alpha value is -0.393. The first-order valence-corrected chi connectivity index (χ1v) is 16.5. The summed E-state index contributed by atoms with van der Waals surface area (Å²) < 4.78 is 12.5. The number of rotatable bonds is 6. The number of aliphatic hydroxyl groups is 1. The molecule has 8 atom stereocenters. The van der Waals surface area contributed by atoms with Crippen molar-refractivity contribution in [3.63, 3.8) is 0 Å². The van der Waals surface area contributed by atoms with E-state index in [1.807, 2.05) is 0 Å². The third-order valence-corrected chi connectivity index (χ3v) is 15.7. The molecular formula is C28H52O4Si. The van der Waals surface area contributed by atoms with Crippen LogP contribution in [0.25, 0.3) is 0 Å². The van der Waals surface area contributed by atoms with Gasteiger partial charge in [-0.2, -0.15) is 0 Å². The summed E-state index contributed by atoms with van der Waals surface area (Å²) in [5, 5.41) is 10.9. The molecule has 0 bridgehead atoms. The maximum atomic E-state index is 11.7. The summed E-state index contributed by atoms with van der Waals surface area (Å²) in [7, 11) is -1.88. The van der Waals surface area contributed by atoms with Gasteiger partial charge in [0, 0.05) is 20.1 Å². The van der Waals surface area contributed by atoms with E-state index < -0.39 is 8.32 Å². The molecule has 0 amide bonds. The van der Waals surface area contributed by atoms with Gasteiger partial charge in [-0.15, -0.1) is 0 Å². The molecule has 0 aliphatic heterocycles. The van der Waals surface area contributed by atoms with Crippen molar-refractivity contribution in [2.24, 2.45) is 40.4 Å². The number of fused-ring (bicyclic) bond motifs is 1. The number of hydrogen-bond donors (Lipinski definition) is 1. The van der Waals surface area contributed by atoms with Crippen molar-refractivity contribution in [2.75, 3.05) is 13.2 Å². The summed E-state index contributed by atoms with van der Waals surface area (Å²) in [6.45, 7) is 21.5. The summed E-state index contributed by atoms with van der Waals surface area (Å²) in [4.78, 5) is 11.7. The third-order valence-electron chi connectivity index (χ3n) is 11.2. The average Bonchev–Trinajstić information content (AvgIpc) is 3.01. The summed E-state index contributed by atoms with van der Waals surface area (Å²) in [6.07, 6.45) is 7.90. The molecule has 3 saturated carbocycles. The Balaban J connectivity index is 1.87. The molecule has 0 aromatic rings. The Bertz CT molecular complexity index is 701. The van der Waals surface area contributed by atoms with Gasteiger partial charge in [-0.25, -0.2) is 0 Å². The number of esters is 1. The monoisotopic (exact) mass is 480 g/mol. The van der Waals surface area contributed by atoms with E-state index in [-0.39, 0.29) is 22.5 Å². The zero-order valence-electron chi connectivity index (χ0n) is 23.0. The molecule has 0 heterocycles. The molecule has 3 aliphatic carbocycles. The molecule has 33 heavy (non-hydrogen) atoms. The number of ether oxygens (including phenoxy) is 1. The Morgan fingerprint density at radius 1 is 1.03 bits per heavy atom. The van der Waals surface area contributed by atoms with E-state index in [2.05, 4.69) is 54.6 Å². The normalized spacial score (nSPS) is 42.1. The molecule has 0 saturated heterocycles. The average molecular weight is 481 g/mol. The number of aliphatic hydroxyl groups excluding tert-OH is 1. The van der Waals surface area contributed by atoms with Gasteiger partial charge in [-0.1, -0.05) is 41.5 Å². The second kappa shape index (κ2) is 9.58. The molecule has 0 unspecified atom stereocenters. The topological polar surface area (TPSA) is 55.8 Å². The maximum Gasteiger partial charge on any atom is 0.302 e. The van der Waals surface area contributed by atoms with Crippen LogP contribution < -0.4 is 0 Å². The van der Waals surface area contributed by atoms with E-state index in [4.69, 9.17) is 9.16 Å². The first-order valence-electron chi connectivity index (χ1n) is 13.6. The largest absolute Gasteiger partial charge is 0.463 e. The number of carbonyl (C=O) groups is 1. The molecule has 0 aromatic carbocycles. The molecule has 3 rings (SSSR count). The Morgan fingerprint density at radius 2 is 1.64 bits per heavy atom. The Labute approximate surface area is 204 Å². The zero-order chi connectivity index (χ0) is 24.8. The van der Waals surface area contributed by atoms with Crippen molar-refractivity contribution in [3.8, 4) is 0 Å². The minimum absolute atomic E-state index is 0.00322. The van der Waals surface area contributed by atoms with Crippen LogP contribution in [0.15, 0.2) is 0 Å². The summed E-state index contributed by atoms with van der Waals surface area (Å²) in [5.41, 5.74) is 0.488. The van der Waals surface area contributed by atoms with Crippen LogP contribution in [0, 0.1) is 40.4 Å². The lowest BCUT2D eigenvalue weighted by Gasteiger charge is -2.57. The van der Waals surface area contributed by atoms with Crippen molar-refractivity contribution in [1.82, 2.24) is 0 Å². The van der Waals surface area contributed by atoms with Gasteiger partial charge in [0.05, 0.1) is 0 Å². The summed E-state index contributed by atoms with van der Waals surface area (Å²) in [5.74, 6) is 2.45. The molecular weight excluding hydrogens is 428 g/mol. The lowest BCUT2D eigenvalue weighted by Crippen LogP contribution is -2.53. The number of hydrogen-bond acceptors (Lipinski definition) is 4. The van der Waals surface area contributed by atoms with Gasteiger partial charge in [-0.3, -0.25) is 4.79 Å². The van der Waals surface area contributed by atoms with Gasteiger partial charge in [0.1, 0.15) is 6.10 Å². The Morgan fingerprint density at radius 3 is 2.21 bits per heavy atom. The minimum Gasteiger partial charge on any atom is -0.463 e. The van der Waals surface area contributed by atoms with Gasteiger partial charge < -0.3 is 14.3 Å². The summed E-state index contributed by atoms with van der Waals surface area (Å²) >= 11 is 0. The van der Waals surface area contributed by atoms with Crippen molar-refractivity contribution in [2.45, 2.75) is 118 Å². The first-order chi connectivity index (χ1) is 15.2. The lowest BCUT2D eigenvalue weighted by atomic mass is 9.49. The fourth-order valence-corrected chi connectivity index (χ4v) is 8.67. The van der Waals surface area contributed by atoms with Crippen molar-refractivity contribution >= 4 is 14.3 Å². The number of carbonyl (C=O) groups excluding carboxylic acids is 1. The van der Waals surface area contributed by atoms with Crippen LogP contribution in [0.3, 0.4) is 0 Å². The first kappa shape index (κ1) is 27.2. The fraction of sp³-hybridized carbons (Fsp3) is 0.964. The minimum atomic E-state index is -1.88. The van der Waals surface area contributed by atoms with Crippen molar-refractivity contribution in [1.29, 1.82) is 0 Å². The summed E-state index contributed by atoms with van der Waals surface area (Å²) in [6, 6.07) is 0. The van der Waals surface area contributed by atoms with Crippen molar-refractivity contribution < 1.29 is 19.1 Å². The van der Waals surface area contributed by atoms with Crippen LogP contribution in [0.2, 0.25) is 18.1 Å². The molecule has 5 heteroatoms. The van der Waals surface area contributed by atoms with Crippen LogP contribution in [0.4, 0.5) is 0 Å².